The number of aliphatic hydroxyl groups is 1. The second kappa shape index (κ2) is 6.65. The summed E-state index contributed by atoms with van der Waals surface area (Å²) in [6.07, 6.45) is 6.01. The number of hydrogen-bond acceptors (Lipinski definition) is 4. The average Bonchev–Trinajstić information content (AvgIpc) is 2.47. The van der Waals surface area contributed by atoms with Crippen LogP contribution in [-0.4, -0.2) is 45.2 Å². The summed E-state index contributed by atoms with van der Waals surface area (Å²) < 4.78 is 0. The molecular weight excluding hydrogens is 256 g/mol. The predicted molar refractivity (Wildman–Crippen MR) is 76.4 cm³/mol. The van der Waals surface area contributed by atoms with Crippen molar-refractivity contribution in [2.75, 3.05) is 18.5 Å². The molecule has 0 spiro atoms. The van der Waals surface area contributed by atoms with Gasteiger partial charge in [0.15, 0.2) is 0 Å². The molecule has 1 aromatic rings. The molecule has 2 N–H and O–H groups in total. The van der Waals surface area contributed by atoms with E-state index in [0.717, 1.165) is 25.1 Å². The molecule has 0 bridgehead atoms. The fourth-order valence-electron chi connectivity index (χ4n) is 2.58. The quantitative estimate of drug-likeness (QED) is 0.881. The Bertz CT molecular complexity index is 449. The fraction of sp³-hybridized carbons (Fsp3) is 0.643. The molecule has 2 unspecified atom stereocenters. The van der Waals surface area contributed by atoms with E-state index in [1.165, 1.54) is 0 Å². The van der Waals surface area contributed by atoms with Crippen molar-refractivity contribution in [1.29, 1.82) is 0 Å². The van der Waals surface area contributed by atoms with Crippen LogP contribution >= 0.6 is 0 Å². The van der Waals surface area contributed by atoms with Crippen LogP contribution in [0.1, 0.15) is 32.5 Å². The van der Waals surface area contributed by atoms with Crippen LogP contribution in [-0.2, 0) is 6.42 Å². The molecule has 1 aliphatic heterocycles. The lowest BCUT2D eigenvalue weighted by molar-refractivity contribution is 0.0811. The molecule has 6 heteroatoms. The third-order valence-corrected chi connectivity index (χ3v) is 3.84. The van der Waals surface area contributed by atoms with Gasteiger partial charge in [-0.3, -0.25) is 0 Å². The summed E-state index contributed by atoms with van der Waals surface area (Å²) in [6, 6.07) is -0.303. The number of aryl methyl sites for hydroxylation is 1. The summed E-state index contributed by atoms with van der Waals surface area (Å²) in [7, 11) is 0. The standard InChI is InChI=1S/C14H22N4O2/c1-3-13-15-7-11(8-16-13)17-14(20)18-6-4-5-10(2)12(18)9-19/h7-8,10,12,19H,3-6,9H2,1-2H3,(H,17,20). The average molecular weight is 278 g/mol. The Morgan fingerprint density at radius 3 is 2.80 bits per heavy atom. The second-order valence-corrected chi connectivity index (χ2v) is 5.23. The van der Waals surface area contributed by atoms with E-state index < -0.39 is 0 Å². The molecule has 0 saturated carbocycles. The molecule has 1 aromatic heterocycles. The molecule has 2 heterocycles. The highest BCUT2D eigenvalue weighted by atomic mass is 16.3. The number of rotatable bonds is 3. The summed E-state index contributed by atoms with van der Waals surface area (Å²) in [6.45, 7) is 4.73. The maximum atomic E-state index is 12.3. The third kappa shape index (κ3) is 3.25. The van der Waals surface area contributed by atoms with Crippen molar-refractivity contribution < 1.29 is 9.90 Å². The summed E-state index contributed by atoms with van der Waals surface area (Å²) in [5.74, 6) is 1.07. The largest absolute Gasteiger partial charge is 0.394 e. The van der Waals surface area contributed by atoms with Crippen molar-refractivity contribution in [3.63, 3.8) is 0 Å². The van der Waals surface area contributed by atoms with Crippen LogP contribution in [0, 0.1) is 5.92 Å². The number of piperidine rings is 1. The minimum absolute atomic E-state index is 0.000140. The van der Waals surface area contributed by atoms with Gasteiger partial charge in [-0.15, -0.1) is 0 Å². The second-order valence-electron chi connectivity index (χ2n) is 5.23. The summed E-state index contributed by atoms with van der Waals surface area (Å²) in [5.41, 5.74) is 0.585. The van der Waals surface area contributed by atoms with Crippen LogP contribution in [0.2, 0.25) is 0 Å². The van der Waals surface area contributed by atoms with Gasteiger partial charge in [0, 0.05) is 13.0 Å². The number of carbonyl (C=O) groups is 1. The first kappa shape index (κ1) is 14.7. The third-order valence-electron chi connectivity index (χ3n) is 3.84. The van der Waals surface area contributed by atoms with Gasteiger partial charge in [-0.1, -0.05) is 13.8 Å². The molecule has 1 aliphatic rings. The highest BCUT2D eigenvalue weighted by molar-refractivity contribution is 5.89. The van der Waals surface area contributed by atoms with E-state index in [0.29, 0.717) is 18.2 Å². The van der Waals surface area contributed by atoms with Gasteiger partial charge in [-0.05, 0) is 18.8 Å². The van der Waals surface area contributed by atoms with Crippen LogP contribution < -0.4 is 5.32 Å². The van der Waals surface area contributed by atoms with E-state index in [1.54, 1.807) is 17.3 Å². The molecule has 0 aliphatic carbocycles. The predicted octanol–water partition coefficient (Wildman–Crippen LogP) is 1.66. The van der Waals surface area contributed by atoms with Gasteiger partial charge in [0.05, 0.1) is 30.7 Å². The number of amides is 2. The molecule has 2 rings (SSSR count). The zero-order valence-electron chi connectivity index (χ0n) is 12.0. The van der Waals surface area contributed by atoms with E-state index >= 15 is 0 Å². The molecule has 0 radical (unpaired) electrons. The number of nitrogens with zero attached hydrogens (tertiary/aromatic N) is 3. The summed E-state index contributed by atoms with van der Waals surface area (Å²) in [4.78, 5) is 22.3. The van der Waals surface area contributed by atoms with Crippen LogP contribution in [0.25, 0.3) is 0 Å². The zero-order chi connectivity index (χ0) is 14.5. The van der Waals surface area contributed by atoms with Crippen molar-refractivity contribution >= 4 is 11.7 Å². The van der Waals surface area contributed by atoms with Gasteiger partial charge in [0.2, 0.25) is 0 Å². The van der Waals surface area contributed by atoms with E-state index in [9.17, 15) is 9.90 Å². The number of aromatic nitrogens is 2. The Morgan fingerprint density at radius 2 is 2.20 bits per heavy atom. The maximum Gasteiger partial charge on any atom is 0.322 e. The normalized spacial score (nSPS) is 22.6. The van der Waals surface area contributed by atoms with Gasteiger partial charge in [-0.2, -0.15) is 0 Å². The molecule has 1 saturated heterocycles. The van der Waals surface area contributed by atoms with Gasteiger partial charge in [0.1, 0.15) is 5.82 Å². The maximum absolute atomic E-state index is 12.3. The summed E-state index contributed by atoms with van der Waals surface area (Å²) >= 11 is 0. The number of hydrogen-bond donors (Lipinski definition) is 2. The first-order valence-corrected chi connectivity index (χ1v) is 7.15. The minimum Gasteiger partial charge on any atom is -0.394 e. The number of anilines is 1. The molecule has 2 amide bonds. The highest BCUT2D eigenvalue weighted by Gasteiger charge is 2.31. The first-order chi connectivity index (χ1) is 9.65. The number of nitrogens with one attached hydrogen (secondary N) is 1. The number of likely N-dealkylation sites (tertiary alicyclic amines) is 1. The van der Waals surface area contributed by atoms with E-state index in [4.69, 9.17) is 0 Å². The van der Waals surface area contributed by atoms with E-state index in [1.807, 2.05) is 6.92 Å². The van der Waals surface area contributed by atoms with Crippen molar-refractivity contribution in [1.82, 2.24) is 14.9 Å². The molecule has 6 nitrogen and oxygen atoms in total. The van der Waals surface area contributed by atoms with Gasteiger partial charge < -0.3 is 15.3 Å². The van der Waals surface area contributed by atoms with Crippen molar-refractivity contribution in [3.05, 3.63) is 18.2 Å². The number of urea groups is 1. The lowest BCUT2D eigenvalue weighted by atomic mass is 9.91. The van der Waals surface area contributed by atoms with Gasteiger partial charge in [0.25, 0.3) is 0 Å². The number of carbonyl (C=O) groups excluding carboxylic acids is 1. The Balaban J connectivity index is 2.02. The SMILES string of the molecule is CCc1ncc(NC(=O)N2CCCC(C)C2CO)cn1. The Hall–Kier alpha value is -1.69. The number of aliphatic hydroxyl groups excluding tert-OH is 1. The lowest BCUT2D eigenvalue weighted by Gasteiger charge is -2.38. The molecule has 20 heavy (non-hydrogen) atoms. The Labute approximate surface area is 119 Å². The zero-order valence-corrected chi connectivity index (χ0v) is 12.0. The molecule has 0 aromatic carbocycles. The molecule has 2 atom stereocenters. The van der Waals surface area contributed by atoms with E-state index in [2.05, 4.69) is 22.2 Å². The Morgan fingerprint density at radius 1 is 1.50 bits per heavy atom. The molecule has 110 valence electrons. The first-order valence-electron chi connectivity index (χ1n) is 7.15. The summed E-state index contributed by atoms with van der Waals surface area (Å²) in [5, 5.41) is 12.3. The topological polar surface area (TPSA) is 78.4 Å². The van der Waals surface area contributed by atoms with Crippen LogP contribution in [0.3, 0.4) is 0 Å². The molecular formula is C14H22N4O2. The smallest absolute Gasteiger partial charge is 0.322 e. The van der Waals surface area contributed by atoms with Gasteiger partial charge in [-0.25, -0.2) is 14.8 Å². The van der Waals surface area contributed by atoms with Crippen molar-refractivity contribution in [3.8, 4) is 0 Å². The van der Waals surface area contributed by atoms with Gasteiger partial charge >= 0.3 is 6.03 Å². The lowest BCUT2D eigenvalue weighted by Crippen LogP contribution is -2.51. The molecule has 1 fully saturated rings. The van der Waals surface area contributed by atoms with Crippen molar-refractivity contribution in [2.45, 2.75) is 39.2 Å². The minimum atomic E-state index is -0.191. The van der Waals surface area contributed by atoms with Crippen LogP contribution in [0.15, 0.2) is 12.4 Å². The monoisotopic (exact) mass is 278 g/mol. The van der Waals surface area contributed by atoms with Crippen LogP contribution in [0.4, 0.5) is 10.5 Å². The van der Waals surface area contributed by atoms with Crippen molar-refractivity contribution in [2.24, 2.45) is 5.92 Å². The highest BCUT2D eigenvalue weighted by Crippen LogP contribution is 2.23. The van der Waals surface area contributed by atoms with E-state index in [-0.39, 0.29) is 18.7 Å². The fourth-order valence-corrected chi connectivity index (χ4v) is 2.58. The Kier molecular flexibility index (Phi) is 4.89. The van der Waals surface area contributed by atoms with Crippen LogP contribution in [0.5, 0.6) is 0 Å².